The number of aromatic nitrogens is 4. The zero-order valence-electron chi connectivity index (χ0n) is 30.4. The lowest BCUT2D eigenvalue weighted by Crippen LogP contribution is -2.04. The van der Waals surface area contributed by atoms with Crippen molar-refractivity contribution in [2.75, 3.05) is 0 Å². The second-order valence-corrected chi connectivity index (χ2v) is 15.3. The van der Waals surface area contributed by atoms with E-state index in [9.17, 15) is 0 Å². The Morgan fingerprint density at radius 2 is 1.02 bits per heavy atom. The first kappa shape index (κ1) is 29.6. The molecule has 14 aromatic rings. The highest BCUT2D eigenvalue weighted by Gasteiger charge is 2.25. The number of hydrogen-bond donors (Lipinski definition) is 0. The number of rotatable bonds is 2. The van der Waals surface area contributed by atoms with Gasteiger partial charge < -0.3 is 8.82 Å². The van der Waals surface area contributed by atoms with Crippen LogP contribution in [0.4, 0.5) is 0 Å². The van der Waals surface area contributed by atoms with Crippen LogP contribution in [0.3, 0.4) is 0 Å². The van der Waals surface area contributed by atoms with E-state index in [1.165, 1.54) is 54.1 Å². The smallest absolute Gasteiger partial charge is 0.235 e. The Labute approximate surface area is 323 Å². The molecular formula is C52H28N4O. The molecule has 5 nitrogen and oxygen atoms in total. The van der Waals surface area contributed by atoms with Crippen molar-refractivity contribution in [3.05, 3.63) is 170 Å². The summed E-state index contributed by atoms with van der Waals surface area (Å²) in [6.07, 6.45) is 0. The van der Waals surface area contributed by atoms with E-state index in [0.29, 0.717) is 5.95 Å². The van der Waals surface area contributed by atoms with Crippen molar-refractivity contribution in [2.45, 2.75) is 0 Å². The minimum Gasteiger partial charge on any atom is -0.455 e. The monoisotopic (exact) mass is 724 g/mol. The van der Waals surface area contributed by atoms with Crippen LogP contribution < -0.4 is 0 Å². The van der Waals surface area contributed by atoms with E-state index >= 15 is 0 Å². The predicted octanol–water partition coefficient (Wildman–Crippen LogP) is 13.7. The van der Waals surface area contributed by atoms with Crippen molar-refractivity contribution in [2.24, 2.45) is 0 Å². The third kappa shape index (κ3) is 3.69. The summed E-state index contributed by atoms with van der Waals surface area (Å²) in [5, 5.41) is 15.2. The van der Waals surface area contributed by atoms with Crippen molar-refractivity contribution in [3.8, 4) is 17.2 Å². The molecule has 57 heavy (non-hydrogen) atoms. The van der Waals surface area contributed by atoms with Crippen molar-refractivity contribution < 1.29 is 4.42 Å². The van der Waals surface area contributed by atoms with E-state index in [1.807, 2.05) is 12.1 Å². The second kappa shape index (κ2) is 10.5. The van der Waals surface area contributed by atoms with Crippen LogP contribution in [0.25, 0.3) is 131 Å². The lowest BCUT2D eigenvalue weighted by Gasteiger charge is -2.14. The summed E-state index contributed by atoms with van der Waals surface area (Å²) in [6, 6.07) is 61.0. The SMILES string of the molecule is c1ccc2c(c1)ccc1c(-c3cccc4c3oc3ccccc34)nc(-n3c4cccc5c6cccc7c8c9ccccc9ccc8n(c8cccc3c8c54)c67)nc12. The molecule has 5 aromatic heterocycles. The molecule has 0 bridgehead atoms. The normalized spacial score (nSPS) is 12.6. The molecule has 0 fully saturated rings. The molecule has 0 saturated carbocycles. The van der Waals surface area contributed by atoms with Crippen LogP contribution in [0.5, 0.6) is 0 Å². The summed E-state index contributed by atoms with van der Waals surface area (Å²) in [5.41, 5.74) is 10.1. The van der Waals surface area contributed by atoms with E-state index in [2.05, 4.69) is 167 Å². The summed E-state index contributed by atoms with van der Waals surface area (Å²) in [4.78, 5) is 11.1. The Morgan fingerprint density at radius 3 is 1.93 bits per heavy atom. The largest absolute Gasteiger partial charge is 0.455 e. The van der Waals surface area contributed by atoms with Gasteiger partial charge in [-0.15, -0.1) is 0 Å². The first-order valence-electron chi connectivity index (χ1n) is 19.4. The number of para-hydroxylation sites is 3. The number of hydrogen-bond acceptors (Lipinski definition) is 3. The highest BCUT2D eigenvalue weighted by molar-refractivity contribution is 6.33. The predicted molar refractivity (Wildman–Crippen MR) is 236 cm³/mol. The van der Waals surface area contributed by atoms with Crippen molar-refractivity contribution >= 4 is 114 Å². The first-order chi connectivity index (χ1) is 28.3. The highest BCUT2D eigenvalue weighted by atomic mass is 16.3. The number of fused-ring (bicyclic) bond motifs is 13. The summed E-state index contributed by atoms with van der Waals surface area (Å²) < 4.78 is 11.4. The average Bonchev–Trinajstić information content (AvgIpc) is 3.91. The van der Waals surface area contributed by atoms with Gasteiger partial charge in [0.05, 0.1) is 38.8 Å². The van der Waals surface area contributed by atoms with Gasteiger partial charge in [-0.3, -0.25) is 4.57 Å². The van der Waals surface area contributed by atoms with Gasteiger partial charge in [0.15, 0.2) is 0 Å². The van der Waals surface area contributed by atoms with Gasteiger partial charge in [0, 0.05) is 54.0 Å². The molecule has 0 spiro atoms. The molecule has 0 N–H and O–H groups in total. The van der Waals surface area contributed by atoms with Crippen LogP contribution >= 0.6 is 0 Å². The van der Waals surface area contributed by atoms with E-state index in [4.69, 9.17) is 14.4 Å². The second-order valence-electron chi connectivity index (χ2n) is 15.3. The maximum Gasteiger partial charge on any atom is 0.235 e. The molecule has 0 aliphatic rings. The fourth-order valence-corrected chi connectivity index (χ4v) is 10.1. The van der Waals surface area contributed by atoms with E-state index in [-0.39, 0.29) is 0 Å². The maximum atomic E-state index is 6.64. The number of nitrogens with zero attached hydrogens (tertiary/aromatic N) is 4. The third-order valence-corrected chi connectivity index (χ3v) is 12.4. The van der Waals surface area contributed by atoms with Gasteiger partial charge in [-0.05, 0) is 64.0 Å². The van der Waals surface area contributed by atoms with E-state index in [1.54, 1.807) is 0 Å². The summed E-state index contributed by atoms with van der Waals surface area (Å²) in [5.74, 6) is 0.624. The fraction of sp³-hybridized carbons (Fsp3) is 0. The molecule has 262 valence electrons. The van der Waals surface area contributed by atoms with Gasteiger partial charge in [-0.1, -0.05) is 127 Å². The van der Waals surface area contributed by atoms with Crippen molar-refractivity contribution in [1.82, 2.24) is 18.9 Å². The fourth-order valence-electron chi connectivity index (χ4n) is 10.1. The molecule has 0 radical (unpaired) electrons. The van der Waals surface area contributed by atoms with Crippen LogP contribution in [0.2, 0.25) is 0 Å². The molecule has 0 aliphatic carbocycles. The zero-order chi connectivity index (χ0) is 36.9. The number of furan rings is 1. The topological polar surface area (TPSA) is 48.3 Å². The Kier molecular flexibility index (Phi) is 5.45. The van der Waals surface area contributed by atoms with Gasteiger partial charge in [0.1, 0.15) is 11.2 Å². The first-order valence-corrected chi connectivity index (χ1v) is 19.4. The van der Waals surface area contributed by atoms with Crippen molar-refractivity contribution in [3.63, 3.8) is 0 Å². The molecular weight excluding hydrogens is 697 g/mol. The minimum absolute atomic E-state index is 0.624. The molecule has 5 heteroatoms. The lowest BCUT2D eigenvalue weighted by atomic mass is 10.0. The Bertz CT molecular complexity index is 4050. The molecule has 0 unspecified atom stereocenters. The quantitative estimate of drug-likeness (QED) is 0.167. The van der Waals surface area contributed by atoms with Gasteiger partial charge >= 0.3 is 0 Å². The van der Waals surface area contributed by atoms with Crippen LogP contribution in [-0.2, 0) is 0 Å². The summed E-state index contributed by atoms with van der Waals surface area (Å²) in [7, 11) is 0. The lowest BCUT2D eigenvalue weighted by molar-refractivity contribution is 0.670. The van der Waals surface area contributed by atoms with Crippen LogP contribution in [0.15, 0.2) is 174 Å². The Hall–Kier alpha value is -7.76. The van der Waals surface area contributed by atoms with Crippen LogP contribution in [0.1, 0.15) is 0 Å². The Balaban J connectivity index is 1.18. The summed E-state index contributed by atoms with van der Waals surface area (Å²) >= 11 is 0. The number of benzene rings is 9. The standard InChI is InChI=1S/C52H28N4O/c1-3-13-31-29(11-1)26-28-43-45(31)37-19-7-17-35-34-16-9-21-40-46(34)47-41(55(43)50(35)37)22-10-23-42(47)56(40)52-53-48-32-14-4-2-12-30(32)25-27-38(48)49(54-52)39-20-8-18-36-33-15-5-6-24-44(33)57-51(36)39/h1-28H. The van der Waals surface area contributed by atoms with Gasteiger partial charge in [0.2, 0.25) is 5.95 Å². The maximum absolute atomic E-state index is 6.64. The molecule has 5 heterocycles. The minimum atomic E-state index is 0.624. The Morgan fingerprint density at radius 1 is 0.386 bits per heavy atom. The van der Waals surface area contributed by atoms with Crippen LogP contribution in [0, 0.1) is 0 Å². The van der Waals surface area contributed by atoms with Gasteiger partial charge in [-0.25, -0.2) is 9.97 Å². The van der Waals surface area contributed by atoms with Gasteiger partial charge in [-0.2, -0.15) is 0 Å². The molecule has 0 aliphatic heterocycles. The molecule has 0 saturated heterocycles. The van der Waals surface area contributed by atoms with E-state index in [0.717, 1.165) is 71.4 Å². The van der Waals surface area contributed by atoms with Crippen LogP contribution in [-0.4, -0.2) is 18.9 Å². The highest BCUT2D eigenvalue weighted by Crippen LogP contribution is 2.46. The molecule has 0 amide bonds. The molecule has 0 atom stereocenters. The molecule has 9 aromatic carbocycles. The van der Waals surface area contributed by atoms with E-state index < -0.39 is 0 Å². The van der Waals surface area contributed by atoms with Crippen molar-refractivity contribution in [1.29, 1.82) is 0 Å². The van der Waals surface area contributed by atoms with Gasteiger partial charge in [0.25, 0.3) is 0 Å². The zero-order valence-corrected chi connectivity index (χ0v) is 30.4. The summed E-state index contributed by atoms with van der Waals surface area (Å²) in [6.45, 7) is 0. The average molecular weight is 725 g/mol. The third-order valence-electron chi connectivity index (χ3n) is 12.4. The molecule has 14 rings (SSSR count).